The number of rotatable bonds is 3. The first kappa shape index (κ1) is 14.3. The second-order valence-corrected chi connectivity index (χ2v) is 4.47. The summed E-state index contributed by atoms with van der Waals surface area (Å²) in [4.78, 5) is 11.7. The Morgan fingerprint density at radius 2 is 2.12 bits per heavy atom. The Balaban J connectivity index is 0.00000144. The zero-order valence-corrected chi connectivity index (χ0v) is 11.0. The van der Waals surface area contributed by atoms with Gasteiger partial charge in [0.05, 0.1) is 5.92 Å². The van der Waals surface area contributed by atoms with Gasteiger partial charge >= 0.3 is 0 Å². The molecular weight excluding hydrogens is 259 g/mol. The van der Waals surface area contributed by atoms with E-state index in [0.717, 1.165) is 30.1 Å². The molecule has 1 unspecified atom stereocenters. The van der Waals surface area contributed by atoms with Gasteiger partial charge in [-0.05, 0) is 30.7 Å². The Bertz CT molecular complexity index is 361. The molecule has 5 heteroatoms. The van der Waals surface area contributed by atoms with Crippen molar-refractivity contribution < 1.29 is 4.79 Å². The number of hydrogen-bond donors (Lipinski definition) is 2. The number of hydrogen-bond acceptors (Lipinski definition) is 2. The molecule has 3 nitrogen and oxygen atoms in total. The number of nitrogens with one attached hydrogen (secondary N) is 2. The molecule has 1 saturated heterocycles. The fourth-order valence-corrected chi connectivity index (χ4v) is 1.94. The van der Waals surface area contributed by atoms with Gasteiger partial charge in [0, 0.05) is 18.1 Å². The van der Waals surface area contributed by atoms with Crippen LogP contribution in [0.1, 0.15) is 12.0 Å². The number of halogens is 2. The van der Waals surface area contributed by atoms with E-state index in [4.69, 9.17) is 11.6 Å². The van der Waals surface area contributed by atoms with Gasteiger partial charge in [0.15, 0.2) is 0 Å². The van der Waals surface area contributed by atoms with Crippen LogP contribution in [-0.4, -0.2) is 19.0 Å². The molecule has 1 aliphatic heterocycles. The minimum Gasteiger partial charge on any atom is -0.352 e. The smallest absolute Gasteiger partial charge is 0.224 e. The van der Waals surface area contributed by atoms with Gasteiger partial charge in [-0.15, -0.1) is 12.4 Å². The van der Waals surface area contributed by atoms with Crippen molar-refractivity contribution in [3.05, 3.63) is 34.9 Å². The highest BCUT2D eigenvalue weighted by atomic mass is 35.5. The number of carbonyl (C=O) groups excluding carboxylic acids is 1. The van der Waals surface area contributed by atoms with Crippen molar-refractivity contribution in [3.63, 3.8) is 0 Å². The lowest BCUT2D eigenvalue weighted by Crippen LogP contribution is -2.31. The fraction of sp³-hybridized carbons (Fsp3) is 0.417. The van der Waals surface area contributed by atoms with Crippen LogP contribution < -0.4 is 10.6 Å². The molecule has 1 heterocycles. The van der Waals surface area contributed by atoms with Gasteiger partial charge in [0.2, 0.25) is 5.91 Å². The van der Waals surface area contributed by atoms with E-state index in [-0.39, 0.29) is 24.2 Å². The maximum atomic E-state index is 11.7. The Hall–Kier alpha value is -0.770. The Labute approximate surface area is 112 Å². The molecule has 2 rings (SSSR count). The topological polar surface area (TPSA) is 41.1 Å². The molecule has 0 radical (unpaired) electrons. The predicted molar refractivity (Wildman–Crippen MR) is 71.5 cm³/mol. The molecular formula is C12H16Cl2N2O. The molecule has 1 amide bonds. The molecule has 0 spiro atoms. The summed E-state index contributed by atoms with van der Waals surface area (Å²) in [5.41, 5.74) is 1.07. The molecule has 1 aromatic carbocycles. The summed E-state index contributed by atoms with van der Waals surface area (Å²) in [5, 5.41) is 6.84. The average molecular weight is 275 g/mol. The summed E-state index contributed by atoms with van der Waals surface area (Å²) < 4.78 is 0. The Morgan fingerprint density at radius 1 is 1.41 bits per heavy atom. The molecule has 1 atom stereocenters. The summed E-state index contributed by atoms with van der Waals surface area (Å²) in [6.45, 7) is 2.32. The summed E-state index contributed by atoms with van der Waals surface area (Å²) in [6, 6.07) is 7.52. The molecule has 1 aliphatic rings. The second-order valence-electron chi connectivity index (χ2n) is 4.03. The molecule has 94 valence electrons. The summed E-state index contributed by atoms with van der Waals surface area (Å²) in [6.07, 6.45) is 0.937. The largest absolute Gasteiger partial charge is 0.352 e. The Kier molecular flexibility index (Phi) is 5.75. The standard InChI is InChI=1S/C12H15ClN2O.ClH/c13-11-3-1-9(2-4-11)7-15-12(16)10-5-6-14-8-10;/h1-4,10,14H,5-8H2,(H,15,16);1H. The van der Waals surface area contributed by atoms with E-state index in [1.165, 1.54) is 0 Å². The van der Waals surface area contributed by atoms with Crippen LogP contribution in [0, 0.1) is 5.92 Å². The van der Waals surface area contributed by atoms with E-state index >= 15 is 0 Å². The molecule has 17 heavy (non-hydrogen) atoms. The van der Waals surface area contributed by atoms with Crippen LogP contribution in [0.2, 0.25) is 5.02 Å². The van der Waals surface area contributed by atoms with E-state index in [0.29, 0.717) is 6.54 Å². The van der Waals surface area contributed by atoms with Crippen LogP contribution in [0.5, 0.6) is 0 Å². The van der Waals surface area contributed by atoms with Crippen LogP contribution >= 0.6 is 24.0 Å². The minimum atomic E-state index is 0. The minimum absolute atomic E-state index is 0. The third-order valence-electron chi connectivity index (χ3n) is 2.81. The number of benzene rings is 1. The van der Waals surface area contributed by atoms with Gasteiger partial charge in [0.25, 0.3) is 0 Å². The SMILES string of the molecule is Cl.O=C(NCc1ccc(Cl)cc1)C1CCNC1. The van der Waals surface area contributed by atoms with Gasteiger partial charge in [-0.25, -0.2) is 0 Å². The molecule has 1 aromatic rings. The van der Waals surface area contributed by atoms with Crippen molar-refractivity contribution in [1.82, 2.24) is 10.6 Å². The quantitative estimate of drug-likeness (QED) is 0.885. The van der Waals surface area contributed by atoms with Crippen LogP contribution in [0.25, 0.3) is 0 Å². The molecule has 0 bridgehead atoms. The van der Waals surface area contributed by atoms with Crippen molar-refractivity contribution in [3.8, 4) is 0 Å². The number of amides is 1. The fourth-order valence-electron chi connectivity index (χ4n) is 1.81. The molecule has 1 fully saturated rings. The highest BCUT2D eigenvalue weighted by Gasteiger charge is 2.21. The lowest BCUT2D eigenvalue weighted by molar-refractivity contribution is -0.124. The van der Waals surface area contributed by atoms with Crippen LogP contribution in [0.15, 0.2) is 24.3 Å². The van der Waals surface area contributed by atoms with Gasteiger partial charge in [0.1, 0.15) is 0 Å². The third-order valence-corrected chi connectivity index (χ3v) is 3.06. The normalized spacial score (nSPS) is 18.5. The summed E-state index contributed by atoms with van der Waals surface area (Å²) in [7, 11) is 0. The highest BCUT2D eigenvalue weighted by molar-refractivity contribution is 6.30. The summed E-state index contributed by atoms with van der Waals surface area (Å²) >= 11 is 5.78. The molecule has 0 aromatic heterocycles. The number of carbonyl (C=O) groups is 1. The van der Waals surface area contributed by atoms with E-state index in [1.54, 1.807) is 0 Å². The van der Waals surface area contributed by atoms with Crippen molar-refractivity contribution in [2.75, 3.05) is 13.1 Å². The summed E-state index contributed by atoms with van der Waals surface area (Å²) in [5.74, 6) is 0.271. The van der Waals surface area contributed by atoms with Crippen LogP contribution in [0.4, 0.5) is 0 Å². The van der Waals surface area contributed by atoms with E-state index in [2.05, 4.69) is 10.6 Å². The lowest BCUT2D eigenvalue weighted by atomic mass is 10.1. The first-order valence-electron chi connectivity index (χ1n) is 5.48. The van der Waals surface area contributed by atoms with Crippen molar-refractivity contribution in [2.24, 2.45) is 5.92 Å². The third kappa shape index (κ3) is 4.19. The van der Waals surface area contributed by atoms with E-state index in [9.17, 15) is 4.79 Å². The van der Waals surface area contributed by atoms with Crippen LogP contribution in [-0.2, 0) is 11.3 Å². The first-order valence-corrected chi connectivity index (χ1v) is 5.86. The van der Waals surface area contributed by atoms with Crippen molar-refractivity contribution in [1.29, 1.82) is 0 Å². The predicted octanol–water partition coefficient (Wildman–Crippen LogP) is 1.99. The first-order chi connectivity index (χ1) is 7.75. The highest BCUT2D eigenvalue weighted by Crippen LogP contribution is 2.10. The van der Waals surface area contributed by atoms with Crippen LogP contribution in [0.3, 0.4) is 0 Å². The van der Waals surface area contributed by atoms with Gasteiger partial charge in [-0.3, -0.25) is 4.79 Å². The average Bonchev–Trinajstić information content (AvgIpc) is 2.81. The maximum absolute atomic E-state index is 11.7. The Morgan fingerprint density at radius 3 is 2.71 bits per heavy atom. The van der Waals surface area contributed by atoms with Crippen molar-refractivity contribution >= 4 is 29.9 Å². The van der Waals surface area contributed by atoms with Gasteiger partial charge < -0.3 is 10.6 Å². The molecule has 0 aliphatic carbocycles. The van der Waals surface area contributed by atoms with E-state index < -0.39 is 0 Å². The molecule has 2 N–H and O–H groups in total. The zero-order valence-electron chi connectivity index (χ0n) is 9.41. The van der Waals surface area contributed by atoms with Crippen molar-refractivity contribution in [2.45, 2.75) is 13.0 Å². The maximum Gasteiger partial charge on any atom is 0.224 e. The lowest BCUT2D eigenvalue weighted by Gasteiger charge is -2.09. The zero-order chi connectivity index (χ0) is 11.4. The van der Waals surface area contributed by atoms with Gasteiger partial charge in [-0.1, -0.05) is 23.7 Å². The van der Waals surface area contributed by atoms with Gasteiger partial charge in [-0.2, -0.15) is 0 Å². The van der Waals surface area contributed by atoms with E-state index in [1.807, 2.05) is 24.3 Å². The molecule has 0 saturated carbocycles. The second kappa shape index (κ2) is 6.84. The monoisotopic (exact) mass is 274 g/mol.